The number of aliphatic carboxylic acids is 1. The van der Waals surface area contributed by atoms with Gasteiger partial charge in [0.15, 0.2) is 0 Å². The molecule has 0 aromatic heterocycles. The van der Waals surface area contributed by atoms with Crippen LogP contribution in [0.2, 0.25) is 0 Å². The third-order valence-electron chi connectivity index (χ3n) is 4.38. The predicted molar refractivity (Wildman–Crippen MR) is 102 cm³/mol. The zero-order chi connectivity index (χ0) is 19.0. The van der Waals surface area contributed by atoms with Gasteiger partial charge in [0.05, 0.1) is 18.9 Å². The number of oxime groups is 1. The van der Waals surface area contributed by atoms with Crippen molar-refractivity contribution < 1.29 is 24.2 Å². The maximum absolute atomic E-state index is 11.0. The van der Waals surface area contributed by atoms with Crippen molar-refractivity contribution in [2.45, 2.75) is 43.8 Å². The lowest BCUT2D eigenvalue weighted by Gasteiger charge is -2.34. The maximum atomic E-state index is 11.0. The molecular weight excluding hydrogens is 354 g/mol. The fraction of sp³-hybridized carbons (Fsp3) is 0.579. The van der Waals surface area contributed by atoms with Gasteiger partial charge < -0.3 is 19.4 Å². The van der Waals surface area contributed by atoms with Gasteiger partial charge in [-0.05, 0) is 50.1 Å². The quantitative estimate of drug-likeness (QED) is 0.304. The first kappa shape index (κ1) is 20.7. The zero-order valence-electron chi connectivity index (χ0n) is 15.6. The van der Waals surface area contributed by atoms with Gasteiger partial charge in [0.1, 0.15) is 6.61 Å². The van der Waals surface area contributed by atoms with Gasteiger partial charge in [-0.1, -0.05) is 17.3 Å². The molecule has 1 aliphatic rings. The molecule has 7 heteroatoms. The fourth-order valence-electron chi connectivity index (χ4n) is 2.56. The van der Waals surface area contributed by atoms with Crippen LogP contribution in [0.25, 0.3) is 0 Å². The predicted octanol–water partition coefficient (Wildman–Crippen LogP) is 3.78. The molecule has 1 heterocycles. The van der Waals surface area contributed by atoms with E-state index >= 15 is 0 Å². The average Bonchev–Trinajstić information content (AvgIpc) is 2.65. The van der Waals surface area contributed by atoms with Crippen LogP contribution in [-0.2, 0) is 19.1 Å². The van der Waals surface area contributed by atoms with E-state index in [1.54, 1.807) is 11.8 Å². The molecule has 0 radical (unpaired) electrons. The molecule has 0 aliphatic carbocycles. The molecule has 1 aromatic rings. The van der Waals surface area contributed by atoms with Gasteiger partial charge in [-0.25, -0.2) is 4.79 Å². The number of hydrogen-bond acceptors (Lipinski definition) is 6. The van der Waals surface area contributed by atoms with Crippen LogP contribution in [0.4, 0.5) is 0 Å². The number of benzene rings is 1. The Bertz CT molecular complexity index is 609. The Balaban J connectivity index is 1.61. The lowest BCUT2D eigenvalue weighted by molar-refractivity contribution is -0.271. The van der Waals surface area contributed by atoms with E-state index in [0.29, 0.717) is 19.8 Å². The van der Waals surface area contributed by atoms with Crippen molar-refractivity contribution in [3.05, 3.63) is 29.8 Å². The number of rotatable bonds is 9. The smallest absolute Gasteiger partial charge is 0.364 e. The number of carbonyl (C=O) groups is 1. The van der Waals surface area contributed by atoms with Gasteiger partial charge in [-0.15, -0.1) is 11.8 Å². The van der Waals surface area contributed by atoms with Gasteiger partial charge in [-0.3, -0.25) is 0 Å². The Kier molecular flexibility index (Phi) is 7.93. The summed E-state index contributed by atoms with van der Waals surface area (Å²) < 4.78 is 10.7. The van der Waals surface area contributed by atoms with Crippen LogP contribution in [0.1, 0.15) is 38.7 Å². The van der Waals surface area contributed by atoms with Gasteiger partial charge in [0.2, 0.25) is 0 Å². The van der Waals surface area contributed by atoms with E-state index < -0.39 is 11.8 Å². The van der Waals surface area contributed by atoms with Crippen molar-refractivity contribution in [1.82, 2.24) is 0 Å². The van der Waals surface area contributed by atoms with Crippen LogP contribution < -0.4 is 0 Å². The first-order chi connectivity index (χ1) is 12.4. The number of ether oxygens (including phenoxy) is 2. The number of nitrogens with zero attached hydrogens (tertiary/aromatic N) is 1. The lowest BCUT2D eigenvalue weighted by atomic mass is 10.0. The van der Waals surface area contributed by atoms with Gasteiger partial charge in [0.25, 0.3) is 5.79 Å². The molecule has 1 aliphatic heterocycles. The lowest BCUT2D eigenvalue weighted by Crippen LogP contribution is -2.47. The molecule has 1 aromatic carbocycles. The van der Waals surface area contributed by atoms with Crippen LogP contribution in [-0.4, -0.2) is 48.7 Å². The molecule has 6 nitrogen and oxygen atoms in total. The van der Waals surface area contributed by atoms with Crippen molar-refractivity contribution in [2.24, 2.45) is 11.1 Å². The molecule has 1 fully saturated rings. The highest BCUT2D eigenvalue weighted by Gasteiger charge is 2.40. The Labute approximate surface area is 158 Å². The van der Waals surface area contributed by atoms with E-state index in [-0.39, 0.29) is 5.92 Å². The maximum Gasteiger partial charge on any atom is 0.364 e. The number of hydrogen-bond donors (Lipinski definition) is 1. The largest absolute Gasteiger partial charge is 0.477 e. The van der Waals surface area contributed by atoms with Crippen LogP contribution in [0, 0.1) is 5.92 Å². The van der Waals surface area contributed by atoms with Gasteiger partial charge in [-0.2, -0.15) is 0 Å². The van der Waals surface area contributed by atoms with E-state index in [2.05, 4.69) is 23.5 Å². The topological polar surface area (TPSA) is 77.4 Å². The second-order valence-electron chi connectivity index (χ2n) is 6.47. The summed E-state index contributed by atoms with van der Waals surface area (Å²) in [5.74, 6) is -2.36. The highest BCUT2D eigenvalue weighted by Crippen LogP contribution is 2.24. The minimum atomic E-state index is -1.50. The molecule has 2 rings (SSSR count). The fourth-order valence-corrected chi connectivity index (χ4v) is 2.97. The average molecular weight is 381 g/mol. The summed E-state index contributed by atoms with van der Waals surface area (Å²) in [6.45, 7) is 4.75. The van der Waals surface area contributed by atoms with Crippen molar-refractivity contribution in [2.75, 3.05) is 26.1 Å². The molecule has 1 saturated heterocycles. The molecule has 1 N–H and O–H groups in total. The van der Waals surface area contributed by atoms with Crippen molar-refractivity contribution in [3.63, 3.8) is 0 Å². The van der Waals surface area contributed by atoms with Crippen LogP contribution >= 0.6 is 11.8 Å². The summed E-state index contributed by atoms with van der Waals surface area (Å²) in [7, 11) is 0. The first-order valence-corrected chi connectivity index (χ1v) is 9.99. The standard InChI is InChI=1S/C19H27NO5S/c1-14(16-7-9-17(26-3)10-8-16)20-25-11-5-4-6-15-12-23-19(2,18(21)22)24-13-15/h7-10,15H,4-6,11-13H2,1-3H3,(H,21,22). The van der Waals surface area contributed by atoms with E-state index in [1.807, 2.05) is 19.1 Å². The van der Waals surface area contributed by atoms with Gasteiger partial charge >= 0.3 is 5.97 Å². The number of carboxylic acid groups (broad SMARTS) is 1. The Morgan fingerprint density at radius 1 is 1.31 bits per heavy atom. The molecule has 0 amide bonds. The number of carboxylic acids is 1. The molecule has 0 unspecified atom stereocenters. The second-order valence-corrected chi connectivity index (χ2v) is 7.35. The van der Waals surface area contributed by atoms with Gasteiger partial charge in [0, 0.05) is 17.7 Å². The summed E-state index contributed by atoms with van der Waals surface area (Å²) in [4.78, 5) is 17.7. The van der Waals surface area contributed by atoms with E-state index in [9.17, 15) is 4.79 Å². The molecule has 0 atom stereocenters. The monoisotopic (exact) mass is 381 g/mol. The molecule has 0 spiro atoms. The van der Waals surface area contributed by atoms with Crippen molar-refractivity contribution >= 4 is 23.4 Å². The highest BCUT2D eigenvalue weighted by molar-refractivity contribution is 7.98. The first-order valence-electron chi connectivity index (χ1n) is 8.77. The molecule has 0 bridgehead atoms. The number of unbranched alkanes of at least 4 members (excludes halogenated alkanes) is 1. The molecule has 144 valence electrons. The molecular formula is C19H27NO5S. The summed E-state index contributed by atoms with van der Waals surface area (Å²) >= 11 is 1.71. The second kappa shape index (κ2) is 9.94. The summed E-state index contributed by atoms with van der Waals surface area (Å²) in [6.07, 6.45) is 4.81. The zero-order valence-corrected chi connectivity index (χ0v) is 16.4. The van der Waals surface area contributed by atoms with Crippen LogP contribution in [0.15, 0.2) is 34.3 Å². The molecule has 0 saturated carbocycles. The Morgan fingerprint density at radius 2 is 1.96 bits per heavy atom. The Hall–Kier alpha value is -1.57. The van der Waals surface area contributed by atoms with E-state index in [4.69, 9.17) is 19.4 Å². The molecule has 26 heavy (non-hydrogen) atoms. The van der Waals surface area contributed by atoms with E-state index in [0.717, 1.165) is 30.5 Å². The van der Waals surface area contributed by atoms with Crippen molar-refractivity contribution in [3.8, 4) is 0 Å². The summed E-state index contributed by atoms with van der Waals surface area (Å²) in [6, 6.07) is 8.23. The third kappa shape index (κ3) is 6.00. The SMILES string of the molecule is CSc1ccc(C(C)=NOCCCCC2COC(C)(C(=O)O)OC2)cc1. The highest BCUT2D eigenvalue weighted by atomic mass is 32.2. The normalized spacial score (nSPS) is 23.7. The summed E-state index contributed by atoms with van der Waals surface area (Å²) in [5.41, 5.74) is 1.92. The van der Waals surface area contributed by atoms with Crippen LogP contribution in [0.5, 0.6) is 0 Å². The van der Waals surface area contributed by atoms with Crippen molar-refractivity contribution in [1.29, 1.82) is 0 Å². The number of thioether (sulfide) groups is 1. The Morgan fingerprint density at radius 3 is 2.54 bits per heavy atom. The summed E-state index contributed by atoms with van der Waals surface area (Å²) in [5, 5.41) is 13.2. The van der Waals surface area contributed by atoms with Crippen LogP contribution in [0.3, 0.4) is 0 Å². The minimum Gasteiger partial charge on any atom is -0.477 e. The third-order valence-corrected chi connectivity index (χ3v) is 5.13. The minimum absolute atomic E-state index is 0.225. The van der Waals surface area contributed by atoms with E-state index in [1.165, 1.54) is 11.8 Å².